The molecule has 1 amide bonds. The van der Waals surface area contributed by atoms with E-state index in [1.165, 1.54) is 13.8 Å². The molecule has 13 heteroatoms. The van der Waals surface area contributed by atoms with Gasteiger partial charge in [-0.1, -0.05) is 27.7 Å². The van der Waals surface area contributed by atoms with Crippen LogP contribution in [0.2, 0.25) is 0 Å². The van der Waals surface area contributed by atoms with Gasteiger partial charge in [-0.3, -0.25) is 24.0 Å². The van der Waals surface area contributed by atoms with Crippen LogP contribution in [-0.4, -0.2) is 74.9 Å². The molecule has 0 heterocycles. The van der Waals surface area contributed by atoms with Crippen LogP contribution in [0.3, 0.4) is 0 Å². The molecular weight excluding hydrogens is 404 g/mol. The molecule has 178 valence electrons. The summed E-state index contributed by atoms with van der Waals surface area (Å²) in [6.07, 6.45) is 0. The van der Waals surface area contributed by atoms with E-state index in [1.807, 2.05) is 0 Å². The second-order valence-electron chi connectivity index (χ2n) is 6.65. The van der Waals surface area contributed by atoms with Gasteiger partial charge in [-0.2, -0.15) is 0 Å². The van der Waals surface area contributed by atoms with Crippen molar-refractivity contribution in [2.24, 2.45) is 29.0 Å². The zero-order valence-corrected chi connectivity index (χ0v) is 18.2. The van der Waals surface area contributed by atoms with Crippen LogP contribution >= 0.6 is 0 Å². The Bertz CT molecular complexity index is 499. The first-order valence-electron chi connectivity index (χ1n) is 8.79. The number of hydrogen-bond donors (Lipinski definition) is 8. The first-order valence-corrected chi connectivity index (χ1v) is 8.79. The summed E-state index contributed by atoms with van der Waals surface area (Å²) in [7, 11) is 0. The maximum Gasteiger partial charge on any atom is 0.322 e. The Hall–Kier alpha value is -2.77. The molecule has 0 aromatic carbocycles. The average molecular weight is 440 g/mol. The van der Waals surface area contributed by atoms with Crippen molar-refractivity contribution in [2.45, 2.75) is 59.7 Å². The van der Waals surface area contributed by atoms with E-state index in [0.717, 1.165) is 0 Å². The van der Waals surface area contributed by atoms with E-state index in [2.05, 4.69) is 5.32 Å². The van der Waals surface area contributed by atoms with Crippen LogP contribution in [0.25, 0.3) is 0 Å². The van der Waals surface area contributed by atoms with Crippen molar-refractivity contribution >= 4 is 29.8 Å². The fraction of sp³-hybridized carbons (Fsp3) is 0.706. The molecule has 0 bridgehead atoms. The second kappa shape index (κ2) is 19.5. The van der Waals surface area contributed by atoms with Gasteiger partial charge in [0, 0.05) is 6.92 Å². The number of nitrogens with one attached hydrogen (secondary N) is 1. The summed E-state index contributed by atoms with van der Waals surface area (Å²) in [4.78, 5) is 49.3. The Morgan fingerprint density at radius 1 is 0.700 bits per heavy atom. The van der Waals surface area contributed by atoms with Crippen LogP contribution in [0, 0.1) is 11.8 Å². The maximum absolute atomic E-state index is 10.0. The van der Waals surface area contributed by atoms with Gasteiger partial charge in [-0.15, -0.1) is 0 Å². The molecule has 0 aromatic rings. The summed E-state index contributed by atoms with van der Waals surface area (Å²) in [5, 5.41) is 34.4. The molecule has 3 atom stereocenters. The van der Waals surface area contributed by atoms with Gasteiger partial charge in [0.05, 0.1) is 0 Å². The summed E-state index contributed by atoms with van der Waals surface area (Å²) < 4.78 is 0. The van der Waals surface area contributed by atoms with Crippen molar-refractivity contribution in [1.29, 1.82) is 0 Å². The van der Waals surface area contributed by atoms with Gasteiger partial charge in [0.15, 0.2) is 0 Å². The molecule has 0 unspecified atom stereocenters. The highest BCUT2D eigenvalue weighted by Gasteiger charge is 2.15. The van der Waals surface area contributed by atoms with Crippen molar-refractivity contribution < 1.29 is 44.4 Å². The monoisotopic (exact) mass is 440 g/mol. The van der Waals surface area contributed by atoms with Crippen LogP contribution in [0.5, 0.6) is 0 Å². The van der Waals surface area contributed by atoms with Gasteiger partial charge in [0.2, 0.25) is 5.91 Å². The van der Waals surface area contributed by atoms with E-state index in [4.69, 9.17) is 37.6 Å². The Kier molecular flexibility index (Phi) is 22.6. The molecule has 0 rings (SSSR count). The van der Waals surface area contributed by atoms with Gasteiger partial charge < -0.3 is 42.9 Å². The van der Waals surface area contributed by atoms with Crippen LogP contribution in [0.4, 0.5) is 0 Å². The first kappa shape index (κ1) is 34.7. The molecule has 0 aliphatic rings. The minimum absolute atomic E-state index is 0.0208. The lowest BCUT2D eigenvalue weighted by Gasteiger charge is -2.07. The van der Waals surface area contributed by atoms with E-state index in [9.17, 15) is 24.0 Å². The van der Waals surface area contributed by atoms with Crippen molar-refractivity contribution in [3.63, 3.8) is 0 Å². The normalized spacial score (nSPS) is 12.4. The standard InChI is InChI=1S/2C5H11NO2.C4H7NO3.C3H7NO2/c2*1-3(2)4(6)5(7)8;1-3(6)5-2-4(7)8;1-2(4)3(5)6/h2*3-4H,6H2,1-2H3,(H,7,8);2H2,1H3,(H,5,6)(H,7,8);2H,4H2,1H3,(H,5,6)/t2*4-;;2-/m00.0/s1. The molecule has 0 saturated carbocycles. The predicted octanol–water partition coefficient (Wildman–Crippen LogP) is -1.27. The fourth-order valence-electron chi connectivity index (χ4n) is 0.770. The van der Waals surface area contributed by atoms with Crippen molar-refractivity contribution in [2.75, 3.05) is 6.54 Å². The van der Waals surface area contributed by atoms with E-state index in [0.29, 0.717) is 0 Å². The number of carbonyl (C=O) groups excluding carboxylic acids is 1. The predicted molar refractivity (Wildman–Crippen MR) is 109 cm³/mol. The van der Waals surface area contributed by atoms with Gasteiger partial charge in [0.25, 0.3) is 0 Å². The van der Waals surface area contributed by atoms with Gasteiger partial charge >= 0.3 is 23.9 Å². The maximum atomic E-state index is 10.0. The van der Waals surface area contributed by atoms with Gasteiger partial charge in [-0.25, -0.2) is 0 Å². The number of aliphatic carboxylic acids is 4. The SMILES string of the molecule is CC(=O)NCC(=O)O.CC(C)[C@H](N)C(=O)O.CC(C)[C@H](N)C(=O)O.C[C@H](N)C(=O)O. The second-order valence-corrected chi connectivity index (χ2v) is 6.65. The summed E-state index contributed by atoms with van der Waals surface area (Å²) in [5.41, 5.74) is 15.2. The lowest BCUT2D eigenvalue weighted by molar-refractivity contribution is -0.140. The molecule has 30 heavy (non-hydrogen) atoms. The largest absolute Gasteiger partial charge is 0.480 e. The smallest absolute Gasteiger partial charge is 0.322 e. The van der Waals surface area contributed by atoms with Crippen molar-refractivity contribution in [3.8, 4) is 0 Å². The molecular formula is C17H36N4O9. The quantitative estimate of drug-likeness (QED) is 0.230. The minimum atomic E-state index is -1.03. The summed E-state index contributed by atoms with van der Waals surface area (Å²) in [6, 6.07) is -2.16. The first-order chi connectivity index (χ1) is 13.4. The zero-order valence-electron chi connectivity index (χ0n) is 18.2. The Labute approximate surface area is 175 Å². The number of nitrogens with two attached hydrogens (primary N) is 3. The summed E-state index contributed by atoms with van der Waals surface area (Å²) in [6.45, 7) is 9.50. The topological polar surface area (TPSA) is 256 Å². The molecule has 0 spiro atoms. The molecule has 0 fully saturated rings. The molecule has 0 radical (unpaired) electrons. The fourth-order valence-corrected chi connectivity index (χ4v) is 0.770. The minimum Gasteiger partial charge on any atom is -0.480 e. The van der Waals surface area contributed by atoms with E-state index in [1.54, 1.807) is 27.7 Å². The summed E-state index contributed by atoms with van der Waals surface area (Å²) >= 11 is 0. The number of carboxylic acid groups (broad SMARTS) is 4. The molecule has 13 nitrogen and oxygen atoms in total. The number of carboxylic acids is 4. The number of hydrogen-bond acceptors (Lipinski definition) is 8. The van der Waals surface area contributed by atoms with Gasteiger partial charge in [0.1, 0.15) is 24.7 Å². The number of rotatable bonds is 7. The van der Waals surface area contributed by atoms with Crippen LogP contribution in [-0.2, 0) is 24.0 Å². The third kappa shape index (κ3) is 30.0. The molecule has 0 aromatic heterocycles. The number of amides is 1. The van der Waals surface area contributed by atoms with Crippen molar-refractivity contribution in [1.82, 2.24) is 5.32 Å². The third-order valence-electron chi connectivity index (χ3n) is 2.88. The lowest BCUT2D eigenvalue weighted by atomic mass is 10.1. The average Bonchev–Trinajstić information content (AvgIpc) is 2.59. The zero-order chi connectivity index (χ0) is 25.2. The molecule has 0 aliphatic heterocycles. The van der Waals surface area contributed by atoms with Gasteiger partial charge in [-0.05, 0) is 18.8 Å². The van der Waals surface area contributed by atoms with E-state index >= 15 is 0 Å². The Morgan fingerprint density at radius 3 is 1.00 bits per heavy atom. The highest BCUT2D eigenvalue weighted by molar-refractivity contribution is 5.79. The highest BCUT2D eigenvalue weighted by atomic mass is 16.4. The lowest BCUT2D eigenvalue weighted by Crippen LogP contribution is -2.34. The highest BCUT2D eigenvalue weighted by Crippen LogP contribution is 1.96. The summed E-state index contributed by atoms with van der Waals surface area (Å²) in [5.74, 6) is -4.14. The number of carbonyl (C=O) groups is 5. The van der Waals surface area contributed by atoms with E-state index in [-0.39, 0.29) is 24.3 Å². The van der Waals surface area contributed by atoms with Crippen LogP contribution in [0.15, 0.2) is 0 Å². The molecule has 0 saturated heterocycles. The van der Waals surface area contributed by atoms with Crippen molar-refractivity contribution in [3.05, 3.63) is 0 Å². The van der Waals surface area contributed by atoms with E-state index < -0.39 is 42.0 Å². The third-order valence-corrected chi connectivity index (χ3v) is 2.88. The van der Waals surface area contributed by atoms with Crippen LogP contribution < -0.4 is 22.5 Å². The Balaban J connectivity index is -0.000000151. The molecule has 11 N–H and O–H groups in total. The Morgan fingerprint density at radius 2 is 0.967 bits per heavy atom. The molecule has 0 aliphatic carbocycles. The van der Waals surface area contributed by atoms with Crippen LogP contribution in [0.1, 0.15) is 41.5 Å².